The zero-order chi connectivity index (χ0) is 16.7. The number of benzene rings is 1. The van der Waals surface area contributed by atoms with E-state index in [-0.39, 0.29) is 12.1 Å². The molecule has 120 valence electrons. The lowest BCUT2D eigenvalue weighted by molar-refractivity contribution is -0.139. The van der Waals surface area contributed by atoms with Crippen molar-refractivity contribution in [2.45, 2.75) is 25.4 Å². The third kappa shape index (κ3) is 4.77. The summed E-state index contributed by atoms with van der Waals surface area (Å²) in [5, 5.41) is 19.2. The van der Waals surface area contributed by atoms with Crippen molar-refractivity contribution in [2.75, 3.05) is 0 Å². The number of rotatable bonds is 8. The molecule has 1 heterocycles. The van der Waals surface area contributed by atoms with Crippen molar-refractivity contribution in [1.29, 1.82) is 0 Å². The first-order valence-corrected chi connectivity index (χ1v) is 7.18. The number of amides is 1. The first-order chi connectivity index (χ1) is 11.1. The van der Waals surface area contributed by atoms with Crippen LogP contribution in [0.1, 0.15) is 28.9 Å². The number of carboxylic acid groups (broad SMARTS) is 1. The van der Waals surface area contributed by atoms with E-state index < -0.39 is 17.9 Å². The van der Waals surface area contributed by atoms with Gasteiger partial charge >= 0.3 is 5.97 Å². The number of aliphatic carboxylic acids is 1. The number of nitrogens with zero attached hydrogens (tertiary/aromatic N) is 3. The summed E-state index contributed by atoms with van der Waals surface area (Å²) in [6.45, 7) is 4.03. The van der Waals surface area contributed by atoms with E-state index in [2.05, 4.69) is 22.2 Å². The molecule has 7 nitrogen and oxygen atoms in total. The highest BCUT2D eigenvalue weighted by atomic mass is 16.4. The van der Waals surface area contributed by atoms with Crippen molar-refractivity contribution in [3.8, 4) is 0 Å². The number of allylic oxidation sites excluding steroid dienone is 1. The van der Waals surface area contributed by atoms with E-state index in [1.165, 1.54) is 10.9 Å². The highest BCUT2D eigenvalue weighted by Crippen LogP contribution is 2.04. The van der Waals surface area contributed by atoms with E-state index in [0.29, 0.717) is 13.0 Å². The summed E-state index contributed by atoms with van der Waals surface area (Å²) in [7, 11) is 0. The lowest BCUT2D eigenvalue weighted by Crippen LogP contribution is -2.40. The van der Waals surface area contributed by atoms with Gasteiger partial charge in [0.15, 0.2) is 5.69 Å². The Labute approximate surface area is 133 Å². The largest absolute Gasteiger partial charge is 0.480 e. The quantitative estimate of drug-likeness (QED) is 0.719. The topological polar surface area (TPSA) is 97.1 Å². The van der Waals surface area contributed by atoms with Gasteiger partial charge in [0.2, 0.25) is 0 Å². The van der Waals surface area contributed by atoms with Gasteiger partial charge in [-0.15, -0.1) is 11.7 Å². The average Bonchev–Trinajstić information content (AvgIpc) is 3.00. The molecule has 7 heteroatoms. The van der Waals surface area contributed by atoms with Crippen molar-refractivity contribution in [1.82, 2.24) is 20.3 Å². The van der Waals surface area contributed by atoms with Crippen molar-refractivity contribution in [2.24, 2.45) is 0 Å². The van der Waals surface area contributed by atoms with E-state index in [1.54, 1.807) is 6.08 Å². The molecule has 0 spiro atoms. The summed E-state index contributed by atoms with van der Waals surface area (Å²) in [6, 6.07) is 8.65. The molecule has 0 saturated heterocycles. The summed E-state index contributed by atoms with van der Waals surface area (Å²) < 4.78 is 1.53. The molecular formula is C16H18N4O3. The fourth-order valence-corrected chi connectivity index (χ4v) is 2.02. The second kappa shape index (κ2) is 7.88. The maximum atomic E-state index is 12.1. The number of hydrogen-bond acceptors (Lipinski definition) is 4. The Balaban J connectivity index is 2.00. The number of aromatic nitrogens is 3. The summed E-state index contributed by atoms with van der Waals surface area (Å²) in [6.07, 6.45) is 3.88. The van der Waals surface area contributed by atoms with E-state index in [0.717, 1.165) is 5.56 Å². The third-order valence-electron chi connectivity index (χ3n) is 3.22. The second-order valence-electron chi connectivity index (χ2n) is 5.02. The van der Waals surface area contributed by atoms with Crippen LogP contribution >= 0.6 is 0 Å². The second-order valence-corrected chi connectivity index (χ2v) is 5.02. The van der Waals surface area contributed by atoms with Crippen LogP contribution in [0.4, 0.5) is 0 Å². The highest BCUT2D eigenvalue weighted by molar-refractivity contribution is 5.94. The van der Waals surface area contributed by atoms with Crippen molar-refractivity contribution in [3.05, 3.63) is 60.4 Å². The van der Waals surface area contributed by atoms with Crippen molar-refractivity contribution < 1.29 is 14.7 Å². The van der Waals surface area contributed by atoms with Crippen molar-refractivity contribution in [3.63, 3.8) is 0 Å². The average molecular weight is 314 g/mol. The van der Waals surface area contributed by atoms with Crippen LogP contribution in [0, 0.1) is 0 Å². The fourth-order valence-electron chi connectivity index (χ4n) is 2.02. The molecular weight excluding hydrogens is 296 g/mol. The SMILES string of the molecule is C=CCCC(NC(=O)c1cn(Cc2ccccc2)nn1)C(=O)O. The van der Waals surface area contributed by atoms with E-state index >= 15 is 0 Å². The molecule has 0 radical (unpaired) electrons. The Bertz CT molecular complexity index is 682. The fraction of sp³-hybridized carbons (Fsp3) is 0.250. The predicted molar refractivity (Wildman–Crippen MR) is 83.9 cm³/mol. The standard InChI is InChI=1S/C16H18N4O3/c1-2-3-9-13(16(22)23)17-15(21)14-11-20(19-18-14)10-12-7-5-4-6-8-12/h2,4-8,11,13H,1,3,9-10H2,(H,17,21)(H,22,23). The summed E-state index contributed by atoms with van der Waals surface area (Å²) in [4.78, 5) is 23.2. The van der Waals surface area contributed by atoms with E-state index in [1.807, 2.05) is 30.3 Å². The number of hydrogen-bond donors (Lipinski definition) is 2. The number of carbonyl (C=O) groups excluding carboxylic acids is 1. The van der Waals surface area contributed by atoms with Gasteiger partial charge in [0, 0.05) is 0 Å². The number of carboxylic acids is 1. The molecule has 1 aromatic heterocycles. The molecule has 0 fully saturated rings. The van der Waals surface area contributed by atoms with Gasteiger partial charge in [-0.1, -0.05) is 41.6 Å². The van der Waals surface area contributed by atoms with Crippen LogP contribution in [0.25, 0.3) is 0 Å². The van der Waals surface area contributed by atoms with E-state index in [4.69, 9.17) is 5.11 Å². The molecule has 2 aromatic rings. The summed E-state index contributed by atoms with van der Waals surface area (Å²) >= 11 is 0. The Kier molecular flexibility index (Phi) is 5.62. The van der Waals surface area contributed by atoms with Crippen LogP contribution in [0.3, 0.4) is 0 Å². The first-order valence-electron chi connectivity index (χ1n) is 7.18. The Morgan fingerprint density at radius 2 is 2.09 bits per heavy atom. The van der Waals surface area contributed by atoms with Gasteiger partial charge in [0.25, 0.3) is 5.91 Å². The van der Waals surface area contributed by atoms with Gasteiger partial charge in [-0.3, -0.25) is 4.79 Å². The normalized spacial score (nSPS) is 11.7. The van der Waals surface area contributed by atoms with Gasteiger partial charge < -0.3 is 10.4 Å². The molecule has 1 unspecified atom stereocenters. The zero-order valence-electron chi connectivity index (χ0n) is 12.6. The van der Waals surface area contributed by atoms with Crippen LogP contribution in [-0.4, -0.2) is 38.0 Å². The number of nitrogens with one attached hydrogen (secondary N) is 1. The van der Waals surface area contributed by atoms with Crippen LogP contribution in [0.2, 0.25) is 0 Å². The van der Waals surface area contributed by atoms with Crippen LogP contribution in [0.15, 0.2) is 49.2 Å². The smallest absolute Gasteiger partial charge is 0.326 e. The predicted octanol–water partition coefficient (Wildman–Crippen LogP) is 1.48. The molecule has 0 aliphatic heterocycles. The van der Waals surface area contributed by atoms with Crippen LogP contribution < -0.4 is 5.32 Å². The van der Waals surface area contributed by atoms with Crippen LogP contribution in [0.5, 0.6) is 0 Å². The Morgan fingerprint density at radius 3 is 2.74 bits per heavy atom. The van der Waals surface area contributed by atoms with Gasteiger partial charge in [-0.05, 0) is 18.4 Å². The summed E-state index contributed by atoms with van der Waals surface area (Å²) in [5.74, 6) is -1.64. The van der Waals surface area contributed by atoms with Gasteiger partial charge in [0.05, 0.1) is 12.7 Å². The van der Waals surface area contributed by atoms with Crippen LogP contribution in [-0.2, 0) is 11.3 Å². The molecule has 1 atom stereocenters. The molecule has 1 amide bonds. The Hall–Kier alpha value is -2.96. The number of carbonyl (C=O) groups is 2. The van der Waals surface area contributed by atoms with E-state index in [9.17, 15) is 9.59 Å². The molecule has 2 N–H and O–H groups in total. The molecule has 2 rings (SSSR count). The zero-order valence-corrected chi connectivity index (χ0v) is 12.6. The van der Waals surface area contributed by atoms with Gasteiger partial charge in [0.1, 0.15) is 6.04 Å². The van der Waals surface area contributed by atoms with Gasteiger partial charge in [-0.25, -0.2) is 9.48 Å². The maximum Gasteiger partial charge on any atom is 0.326 e. The highest BCUT2D eigenvalue weighted by Gasteiger charge is 2.21. The molecule has 0 bridgehead atoms. The van der Waals surface area contributed by atoms with Gasteiger partial charge in [-0.2, -0.15) is 0 Å². The lowest BCUT2D eigenvalue weighted by atomic mass is 10.1. The molecule has 0 aliphatic carbocycles. The monoisotopic (exact) mass is 314 g/mol. The minimum Gasteiger partial charge on any atom is -0.480 e. The third-order valence-corrected chi connectivity index (χ3v) is 3.22. The molecule has 0 saturated carbocycles. The summed E-state index contributed by atoms with van der Waals surface area (Å²) in [5.41, 5.74) is 1.12. The van der Waals surface area contributed by atoms with Crippen molar-refractivity contribution >= 4 is 11.9 Å². The first kappa shape index (κ1) is 16.4. The molecule has 0 aliphatic rings. The lowest BCUT2D eigenvalue weighted by Gasteiger charge is -2.12. The minimum atomic E-state index is -1.09. The maximum absolute atomic E-state index is 12.1. The molecule has 1 aromatic carbocycles. The Morgan fingerprint density at radius 1 is 1.35 bits per heavy atom. The minimum absolute atomic E-state index is 0.0887. The molecule has 23 heavy (non-hydrogen) atoms.